The van der Waals surface area contributed by atoms with Crippen LogP contribution in [0.25, 0.3) is 0 Å². The second-order valence-electron chi connectivity index (χ2n) is 7.06. The van der Waals surface area contributed by atoms with Crippen molar-refractivity contribution in [1.29, 1.82) is 0 Å². The summed E-state index contributed by atoms with van der Waals surface area (Å²) in [7, 11) is 0. The molecule has 1 N–H and O–H groups in total. The fourth-order valence-corrected chi connectivity index (χ4v) is 2.39. The van der Waals surface area contributed by atoms with E-state index < -0.39 is 29.3 Å². The molecule has 4 nitrogen and oxygen atoms in total. The Morgan fingerprint density at radius 2 is 1.88 bits per heavy atom. The number of amides is 1. The third-order valence-corrected chi connectivity index (χ3v) is 3.64. The second kappa shape index (κ2) is 7.19. The van der Waals surface area contributed by atoms with Crippen molar-refractivity contribution in [3.63, 3.8) is 0 Å². The van der Waals surface area contributed by atoms with Gasteiger partial charge in [0.05, 0.1) is 18.3 Å². The minimum absolute atomic E-state index is 0.0128. The van der Waals surface area contributed by atoms with Crippen molar-refractivity contribution in [2.75, 3.05) is 0 Å². The largest absolute Gasteiger partial charge is 0.444 e. The first-order valence-electron chi connectivity index (χ1n) is 7.91. The number of hydrogen-bond acceptors (Lipinski definition) is 3. The molecule has 0 spiro atoms. The molecule has 0 aromatic heterocycles. The van der Waals surface area contributed by atoms with Crippen molar-refractivity contribution in [1.82, 2.24) is 5.32 Å². The minimum Gasteiger partial charge on any atom is -0.444 e. The smallest absolute Gasteiger partial charge is 0.419 e. The summed E-state index contributed by atoms with van der Waals surface area (Å²) in [6, 6.07) is 2.67. The zero-order chi connectivity index (χ0) is 18.8. The molecule has 0 unspecified atom stereocenters. The van der Waals surface area contributed by atoms with E-state index in [1.807, 2.05) is 0 Å². The number of nitrogens with one attached hydrogen (secondary N) is 1. The molecule has 1 amide bonds. The van der Waals surface area contributed by atoms with Crippen LogP contribution in [0.2, 0.25) is 0 Å². The average Bonchev–Trinajstić information content (AvgIpc) is 2.37. The molecule has 0 atom stereocenters. The van der Waals surface area contributed by atoms with Gasteiger partial charge in [-0.15, -0.1) is 0 Å². The Labute approximate surface area is 143 Å². The van der Waals surface area contributed by atoms with Gasteiger partial charge in [0.25, 0.3) is 0 Å². The zero-order valence-electron chi connectivity index (χ0n) is 14.2. The summed E-state index contributed by atoms with van der Waals surface area (Å²) in [4.78, 5) is 11.6. The van der Waals surface area contributed by atoms with Crippen LogP contribution in [0, 0.1) is 5.82 Å². The van der Waals surface area contributed by atoms with Gasteiger partial charge in [-0.3, -0.25) is 0 Å². The van der Waals surface area contributed by atoms with Crippen LogP contribution >= 0.6 is 0 Å². The summed E-state index contributed by atoms with van der Waals surface area (Å²) in [5, 5.41) is 2.71. The Morgan fingerprint density at radius 3 is 2.40 bits per heavy atom. The molecule has 0 radical (unpaired) electrons. The Bertz CT molecular complexity index is 619. The fraction of sp³-hybridized carbons (Fsp3) is 0.588. The molecule has 25 heavy (non-hydrogen) atoms. The normalized spacial score (nSPS) is 20.8. The van der Waals surface area contributed by atoms with Gasteiger partial charge in [0.1, 0.15) is 11.4 Å². The number of benzene rings is 1. The first-order valence-corrected chi connectivity index (χ1v) is 7.91. The highest BCUT2D eigenvalue weighted by Crippen LogP contribution is 2.32. The molecular weight excluding hydrogens is 342 g/mol. The van der Waals surface area contributed by atoms with Gasteiger partial charge in [0.15, 0.2) is 0 Å². The maximum atomic E-state index is 13.5. The lowest BCUT2D eigenvalue weighted by molar-refractivity contribution is -0.140. The number of alkyl halides is 3. The molecule has 0 heterocycles. The first-order chi connectivity index (χ1) is 11.4. The quantitative estimate of drug-likeness (QED) is 0.806. The number of carbonyl (C=O) groups excluding carboxylic acids is 1. The lowest BCUT2D eigenvalue weighted by Gasteiger charge is -2.36. The molecule has 140 valence electrons. The highest BCUT2D eigenvalue weighted by atomic mass is 19.4. The van der Waals surface area contributed by atoms with Gasteiger partial charge in [-0.05, 0) is 51.3 Å². The van der Waals surface area contributed by atoms with Gasteiger partial charge in [0, 0.05) is 6.04 Å². The summed E-state index contributed by atoms with van der Waals surface area (Å²) in [6.45, 7) is 5.31. The molecule has 0 saturated heterocycles. The van der Waals surface area contributed by atoms with Crippen molar-refractivity contribution in [3.8, 4) is 0 Å². The van der Waals surface area contributed by atoms with Crippen LogP contribution in [0.3, 0.4) is 0 Å². The average molecular weight is 363 g/mol. The molecule has 1 aromatic rings. The van der Waals surface area contributed by atoms with Gasteiger partial charge in [0.2, 0.25) is 0 Å². The standard InChI is InChI=1S/C17H21F4NO3/c1-16(2,3)25-15(23)22-11-7-12(8-11)24-9-10-4-5-13(14(18)6-10)17(19,20)21/h4-6,11-12H,7-9H2,1-3H3,(H,22,23). The number of halogens is 4. The molecule has 1 aliphatic rings. The number of carbonyl (C=O) groups is 1. The van der Waals surface area contributed by atoms with Crippen molar-refractivity contribution in [2.24, 2.45) is 0 Å². The molecule has 1 aliphatic carbocycles. The van der Waals surface area contributed by atoms with Gasteiger partial charge >= 0.3 is 12.3 Å². The van der Waals surface area contributed by atoms with Crippen molar-refractivity contribution < 1.29 is 31.8 Å². The topological polar surface area (TPSA) is 47.6 Å². The molecule has 2 rings (SSSR count). The van der Waals surface area contributed by atoms with E-state index in [2.05, 4.69) is 5.32 Å². The van der Waals surface area contributed by atoms with Crippen LogP contribution in [0.4, 0.5) is 22.4 Å². The van der Waals surface area contributed by atoms with Crippen LogP contribution in [-0.4, -0.2) is 23.8 Å². The fourth-order valence-electron chi connectivity index (χ4n) is 2.39. The van der Waals surface area contributed by atoms with E-state index in [0.717, 1.165) is 6.07 Å². The van der Waals surface area contributed by atoms with E-state index in [1.165, 1.54) is 6.07 Å². The van der Waals surface area contributed by atoms with Crippen LogP contribution < -0.4 is 5.32 Å². The predicted octanol–water partition coefficient (Wildman–Crippen LogP) is 4.42. The Kier molecular flexibility index (Phi) is 5.61. The van der Waals surface area contributed by atoms with Crippen LogP contribution in [0.5, 0.6) is 0 Å². The molecule has 1 aromatic carbocycles. The van der Waals surface area contributed by atoms with E-state index in [9.17, 15) is 22.4 Å². The summed E-state index contributed by atoms with van der Waals surface area (Å²) in [5.41, 5.74) is -1.54. The van der Waals surface area contributed by atoms with E-state index in [0.29, 0.717) is 24.5 Å². The number of hydrogen-bond donors (Lipinski definition) is 1. The lowest BCUT2D eigenvalue weighted by atomic mass is 9.89. The second-order valence-corrected chi connectivity index (χ2v) is 7.06. The minimum atomic E-state index is -4.71. The SMILES string of the molecule is CC(C)(C)OC(=O)NC1CC(OCc2ccc(C(F)(F)F)c(F)c2)C1. The predicted molar refractivity (Wildman–Crippen MR) is 82.4 cm³/mol. The highest BCUT2D eigenvalue weighted by molar-refractivity contribution is 5.68. The number of ether oxygens (including phenoxy) is 2. The maximum absolute atomic E-state index is 13.5. The summed E-state index contributed by atoms with van der Waals surface area (Å²) < 4.78 is 61.6. The van der Waals surface area contributed by atoms with Gasteiger partial charge in [-0.2, -0.15) is 13.2 Å². The van der Waals surface area contributed by atoms with E-state index >= 15 is 0 Å². The van der Waals surface area contributed by atoms with Gasteiger partial charge in [-0.1, -0.05) is 6.07 Å². The Hall–Kier alpha value is -1.83. The Morgan fingerprint density at radius 1 is 1.24 bits per heavy atom. The monoisotopic (exact) mass is 363 g/mol. The molecule has 1 fully saturated rings. The van der Waals surface area contributed by atoms with Crippen LogP contribution in [0.15, 0.2) is 18.2 Å². The van der Waals surface area contributed by atoms with Gasteiger partial charge < -0.3 is 14.8 Å². The number of rotatable bonds is 4. The zero-order valence-corrected chi connectivity index (χ0v) is 14.2. The van der Waals surface area contributed by atoms with E-state index in [-0.39, 0.29) is 18.8 Å². The maximum Gasteiger partial charge on any atom is 0.419 e. The van der Waals surface area contributed by atoms with E-state index in [4.69, 9.17) is 9.47 Å². The van der Waals surface area contributed by atoms with Gasteiger partial charge in [-0.25, -0.2) is 9.18 Å². The summed E-state index contributed by atoms with van der Waals surface area (Å²) in [5.74, 6) is -1.31. The molecule has 0 aliphatic heterocycles. The van der Waals surface area contributed by atoms with Crippen molar-refractivity contribution in [3.05, 3.63) is 35.1 Å². The van der Waals surface area contributed by atoms with Crippen molar-refractivity contribution >= 4 is 6.09 Å². The third-order valence-electron chi connectivity index (χ3n) is 3.64. The Balaban J connectivity index is 1.74. The summed E-state index contributed by atoms with van der Waals surface area (Å²) in [6.07, 6.45) is -4.20. The van der Waals surface area contributed by atoms with Crippen LogP contribution in [0.1, 0.15) is 44.7 Å². The third kappa shape index (κ3) is 5.88. The first kappa shape index (κ1) is 19.5. The molecule has 1 saturated carbocycles. The highest BCUT2D eigenvalue weighted by Gasteiger charge is 2.34. The van der Waals surface area contributed by atoms with Crippen LogP contribution in [-0.2, 0) is 22.3 Å². The number of alkyl carbamates (subject to hydrolysis) is 1. The van der Waals surface area contributed by atoms with Crippen molar-refractivity contribution in [2.45, 2.75) is 64.1 Å². The van der Waals surface area contributed by atoms with E-state index in [1.54, 1.807) is 20.8 Å². The molecular formula is C17H21F4NO3. The lowest BCUT2D eigenvalue weighted by Crippen LogP contribution is -2.49. The molecule has 0 bridgehead atoms. The summed E-state index contributed by atoms with van der Waals surface area (Å²) >= 11 is 0. The molecule has 8 heteroatoms.